The monoisotopic (exact) mass is 314 g/mol. The van der Waals surface area contributed by atoms with Gasteiger partial charge >= 0.3 is 6.18 Å². The molecule has 78 valence electrons. The first-order chi connectivity index (χ1) is 6.54. The molecule has 14 heavy (non-hydrogen) atoms. The van der Waals surface area contributed by atoms with Crippen molar-refractivity contribution in [2.75, 3.05) is 4.43 Å². The molecule has 0 aliphatic rings. The number of halogens is 4. The highest BCUT2D eigenvalue weighted by Crippen LogP contribution is 2.29. The van der Waals surface area contributed by atoms with Crippen LogP contribution in [0.3, 0.4) is 0 Å². The van der Waals surface area contributed by atoms with Crippen molar-refractivity contribution in [1.29, 1.82) is 0 Å². The Morgan fingerprint density at radius 2 is 1.64 bits per heavy atom. The molecule has 0 saturated heterocycles. The third kappa shape index (κ3) is 3.48. The van der Waals surface area contributed by atoms with Crippen molar-refractivity contribution >= 4 is 22.6 Å². The zero-order valence-corrected chi connectivity index (χ0v) is 9.60. The first-order valence-electron chi connectivity index (χ1n) is 4.26. The number of hydrogen-bond donors (Lipinski definition) is 0. The third-order valence-electron chi connectivity index (χ3n) is 1.88. The van der Waals surface area contributed by atoms with Crippen LogP contribution >= 0.6 is 22.6 Å². The molecule has 0 aromatic heterocycles. The van der Waals surface area contributed by atoms with E-state index in [2.05, 4.69) is 22.6 Å². The summed E-state index contributed by atoms with van der Waals surface area (Å²) in [6, 6.07) is 5.38. The van der Waals surface area contributed by atoms with Gasteiger partial charge in [0.05, 0.1) is 5.56 Å². The molecule has 0 heterocycles. The van der Waals surface area contributed by atoms with Crippen molar-refractivity contribution in [3.8, 4) is 0 Å². The van der Waals surface area contributed by atoms with Gasteiger partial charge < -0.3 is 0 Å². The van der Waals surface area contributed by atoms with E-state index in [1.54, 1.807) is 12.1 Å². The predicted molar refractivity (Wildman–Crippen MR) is 58.7 cm³/mol. The maximum Gasteiger partial charge on any atom is 0.416 e. The maximum absolute atomic E-state index is 12.2. The quantitative estimate of drug-likeness (QED) is 0.583. The van der Waals surface area contributed by atoms with Gasteiger partial charge in [-0.05, 0) is 35.0 Å². The Labute approximate surface area is 94.6 Å². The Balaban J connectivity index is 2.69. The number of rotatable bonds is 3. The van der Waals surface area contributed by atoms with Gasteiger partial charge in [0, 0.05) is 0 Å². The molecule has 0 saturated carbocycles. The Bertz CT molecular complexity index is 276. The van der Waals surface area contributed by atoms with Gasteiger partial charge in [-0.1, -0.05) is 34.7 Å². The molecule has 0 aliphatic heterocycles. The fourth-order valence-electron chi connectivity index (χ4n) is 1.13. The van der Waals surface area contributed by atoms with Crippen LogP contribution in [0.15, 0.2) is 24.3 Å². The van der Waals surface area contributed by atoms with E-state index in [9.17, 15) is 13.2 Å². The molecule has 0 nitrogen and oxygen atoms in total. The normalized spacial score (nSPS) is 11.7. The van der Waals surface area contributed by atoms with Gasteiger partial charge in [0.25, 0.3) is 0 Å². The Morgan fingerprint density at radius 3 is 2.07 bits per heavy atom. The van der Waals surface area contributed by atoms with E-state index < -0.39 is 11.7 Å². The molecule has 0 aliphatic carbocycles. The van der Waals surface area contributed by atoms with E-state index in [-0.39, 0.29) is 0 Å². The van der Waals surface area contributed by atoms with Crippen LogP contribution in [0.2, 0.25) is 0 Å². The summed E-state index contributed by atoms with van der Waals surface area (Å²) < 4.78 is 37.5. The molecule has 0 N–H and O–H groups in total. The van der Waals surface area contributed by atoms with Crippen molar-refractivity contribution < 1.29 is 13.2 Å². The molecule has 0 atom stereocenters. The van der Waals surface area contributed by atoms with E-state index in [1.807, 2.05) is 0 Å². The molecule has 0 bridgehead atoms. The second-order valence-electron chi connectivity index (χ2n) is 2.99. The molecule has 0 unspecified atom stereocenters. The lowest BCUT2D eigenvalue weighted by Gasteiger charge is -2.06. The van der Waals surface area contributed by atoms with E-state index >= 15 is 0 Å². The fourth-order valence-corrected chi connectivity index (χ4v) is 1.51. The van der Waals surface area contributed by atoms with Gasteiger partial charge in [-0.2, -0.15) is 13.2 Å². The number of aryl methyl sites for hydroxylation is 1. The van der Waals surface area contributed by atoms with Crippen LogP contribution < -0.4 is 0 Å². The Kier molecular flexibility index (Phi) is 4.22. The van der Waals surface area contributed by atoms with Crippen molar-refractivity contribution in [3.63, 3.8) is 0 Å². The summed E-state index contributed by atoms with van der Waals surface area (Å²) in [6.07, 6.45) is -2.37. The molecule has 1 rings (SSSR count). The van der Waals surface area contributed by atoms with E-state index in [1.165, 1.54) is 0 Å². The lowest BCUT2D eigenvalue weighted by molar-refractivity contribution is -0.137. The standard InChI is InChI=1S/C10H10F3I/c11-10(12,13)9-5-3-8(4-6-9)2-1-7-14/h3-6H,1-2,7H2. The fraction of sp³-hybridized carbons (Fsp3) is 0.400. The van der Waals surface area contributed by atoms with Gasteiger partial charge in [-0.3, -0.25) is 0 Å². The van der Waals surface area contributed by atoms with Crippen LogP contribution in [-0.2, 0) is 12.6 Å². The van der Waals surface area contributed by atoms with E-state index in [0.29, 0.717) is 0 Å². The summed E-state index contributed by atoms with van der Waals surface area (Å²) in [4.78, 5) is 0. The third-order valence-corrected chi connectivity index (χ3v) is 2.64. The summed E-state index contributed by atoms with van der Waals surface area (Å²) >= 11 is 2.25. The zero-order valence-electron chi connectivity index (χ0n) is 7.44. The smallest absolute Gasteiger partial charge is 0.166 e. The molecule has 0 fully saturated rings. The molecule has 0 spiro atoms. The highest BCUT2D eigenvalue weighted by molar-refractivity contribution is 14.1. The first kappa shape index (κ1) is 11.8. The van der Waals surface area contributed by atoms with E-state index in [4.69, 9.17) is 0 Å². The number of benzene rings is 1. The molecular weight excluding hydrogens is 304 g/mol. The van der Waals surface area contributed by atoms with Gasteiger partial charge in [0.1, 0.15) is 0 Å². The topological polar surface area (TPSA) is 0 Å². The number of hydrogen-bond acceptors (Lipinski definition) is 0. The minimum Gasteiger partial charge on any atom is -0.166 e. The summed E-state index contributed by atoms with van der Waals surface area (Å²) in [7, 11) is 0. The van der Waals surface area contributed by atoms with Crippen molar-refractivity contribution in [2.24, 2.45) is 0 Å². The summed E-state index contributed by atoms with van der Waals surface area (Å²) in [5, 5.41) is 0. The van der Waals surface area contributed by atoms with Crippen molar-refractivity contribution in [2.45, 2.75) is 19.0 Å². The molecule has 0 amide bonds. The second kappa shape index (κ2) is 5.00. The van der Waals surface area contributed by atoms with Crippen LogP contribution in [0.5, 0.6) is 0 Å². The first-order valence-corrected chi connectivity index (χ1v) is 5.78. The number of alkyl halides is 4. The van der Waals surface area contributed by atoms with Gasteiger partial charge in [-0.25, -0.2) is 0 Å². The summed E-state index contributed by atoms with van der Waals surface area (Å²) in [5.41, 5.74) is 0.394. The molecule has 1 aromatic carbocycles. The van der Waals surface area contributed by atoms with Crippen molar-refractivity contribution in [1.82, 2.24) is 0 Å². The minimum absolute atomic E-state index is 0.573. The van der Waals surface area contributed by atoms with Crippen LogP contribution in [0.25, 0.3) is 0 Å². The molecule has 1 aromatic rings. The van der Waals surface area contributed by atoms with Crippen LogP contribution in [-0.4, -0.2) is 4.43 Å². The van der Waals surface area contributed by atoms with Crippen LogP contribution in [0.4, 0.5) is 13.2 Å². The van der Waals surface area contributed by atoms with Gasteiger partial charge in [0.2, 0.25) is 0 Å². The average Bonchev–Trinajstić information content (AvgIpc) is 2.14. The van der Waals surface area contributed by atoms with Gasteiger partial charge in [-0.15, -0.1) is 0 Å². The second-order valence-corrected chi connectivity index (χ2v) is 4.07. The average molecular weight is 314 g/mol. The molecular formula is C10H10F3I. The molecule has 0 radical (unpaired) electrons. The summed E-state index contributed by atoms with van der Waals surface area (Å²) in [6.45, 7) is 0. The van der Waals surface area contributed by atoms with Gasteiger partial charge in [0.15, 0.2) is 0 Å². The highest BCUT2D eigenvalue weighted by Gasteiger charge is 2.29. The predicted octanol–water partition coefficient (Wildman–Crippen LogP) is 4.07. The lowest BCUT2D eigenvalue weighted by Crippen LogP contribution is -2.04. The lowest BCUT2D eigenvalue weighted by atomic mass is 10.1. The minimum atomic E-state index is -4.22. The van der Waals surface area contributed by atoms with Crippen LogP contribution in [0.1, 0.15) is 17.5 Å². The van der Waals surface area contributed by atoms with Crippen LogP contribution in [0, 0.1) is 0 Å². The Hall–Kier alpha value is -0.260. The Morgan fingerprint density at radius 1 is 1.07 bits per heavy atom. The van der Waals surface area contributed by atoms with Crippen molar-refractivity contribution in [3.05, 3.63) is 35.4 Å². The maximum atomic E-state index is 12.2. The zero-order chi connectivity index (χ0) is 10.6. The summed E-state index contributed by atoms with van der Waals surface area (Å²) in [5.74, 6) is 0. The highest BCUT2D eigenvalue weighted by atomic mass is 127. The SMILES string of the molecule is FC(F)(F)c1ccc(CCCI)cc1. The van der Waals surface area contributed by atoms with E-state index in [0.717, 1.165) is 35.0 Å². The molecule has 4 heteroatoms. The largest absolute Gasteiger partial charge is 0.416 e.